The number of hydrogen-bond acceptors (Lipinski definition) is 5. The number of piperidine rings is 1. The van der Waals surface area contributed by atoms with Crippen molar-refractivity contribution in [1.82, 2.24) is 9.80 Å². The maximum Gasteiger partial charge on any atom is 0.257 e. The molecule has 1 heterocycles. The van der Waals surface area contributed by atoms with E-state index in [1.807, 2.05) is 19.0 Å². The quantitative estimate of drug-likeness (QED) is 0.812. The molecule has 1 aliphatic carbocycles. The van der Waals surface area contributed by atoms with Crippen molar-refractivity contribution in [3.8, 4) is 11.5 Å². The van der Waals surface area contributed by atoms with Crippen LogP contribution in [0.15, 0.2) is 18.2 Å². The standard InChI is InChI=1S/C20H29N3O4/c1-22-12-14-9-15(8-13(14)10-19(22)24)23(2)20(25)17-5-4-16(26-3)11-18(17)27-7-6-21/h4-5,11,13-15H,6-10,12,21H2,1-3H3/t13-,14+,15-/m0/s1. The molecule has 2 amide bonds. The summed E-state index contributed by atoms with van der Waals surface area (Å²) in [5, 5.41) is 0. The Morgan fingerprint density at radius 1 is 1.33 bits per heavy atom. The summed E-state index contributed by atoms with van der Waals surface area (Å²) in [6.45, 7) is 1.49. The summed E-state index contributed by atoms with van der Waals surface area (Å²) >= 11 is 0. The van der Waals surface area contributed by atoms with E-state index in [0.29, 0.717) is 48.5 Å². The molecule has 1 aromatic rings. The summed E-state index contributed by atoms with van der Waals surface area (Å²) in [7, 11) is 5.28. The van der Waals surface area contributed by atoms with Crippen LogP contribution in [0.1, 0.15) is 29.6 Å². The number of amides is 2. The molecule has 2 N–H and O–H groups in total. The normalized spacial score (nSPS) is 24.5. The Balaban J connectivity index is 1.75. The zero-order chi connectivity index (χ0) is 19.6. The Bertz CT molecular complexity index is 708. The van der Waals surface area contributed by atoms with Gasteiger partial charge in [-0.2, -0.15) is 0 Å². The minimum atomic E-state index is -0.0759. The lowest BCUT2D eigenvalue weighted by Gasteiger charge is -2.31. The van der Waals surface area contributed by atoms with E-state index in [1.54, 1.807) is 30.2 Å². The molecule has 148 valence electrons. The highest BCUT2D eigenvalue weighted by molar-refractivity contribution is 5.97. The van der Waals surface area contributed by atoms with Gasteiger partial charge in [0.2, 0.25) is 5.91 Å². The summed E-state index contributed by atoms with van der Waals surface area (Å²) in [6.07, 6.45) is 2.40. The molecule has 1 saturated carbocycles. The van der Waals surface area contributed by atoms with Crippen LogP contribution in [-0.2, 0) is 4.79 Å². The molecule has 1 aromatic carbocycles. The van der Waals surface area contributed by atoms with Gasteiger partial charge in [0.1, 0.15) is 18.1 Å². The molecule has 1 saturated heterocycles. The second-order valence-electron chi connectivity index (χ2n) is 7.54. The lowest BCUT2D eigenvalue weighted by molar-refractivity contribution is -0.134. The zero-order valence-electron chi connectivity index (χ0n) is 16.3. The third-order valence-corrected chi connectivity index (χ3v) is 5.85. The monoisotopic (exact) mass is 375 g/mol. The average Bonchev–Trinajstić information content (AvgIpc) is 3.07. The predicted octanol–water partition coefficient (Wildman–Crippen LogP) is 1.36. The van der Waals surface area contributed by atoms with Crippen molar-refractivity contribution in [2.24, 2.45) is 17.6 Å². The molecular weight excluding hydrogens is 346 g/mol. The minimum Gasteiger partial charge on any atom is -0.497 e. The third-order valence-electron chi connectivity index (χ3n) is 5.85. The molecule has 2 fully saturated rings. The van der Waals surface area contributed by atoms with Crippen LogP contribution < -0.4 is 15.2 Å². The molecule has 1 aliphatic heterocycles. The molecular formula is C20H29N3O4. The van der Waals surface area contributed by atoms with Gasteiger partial charge in [-0.1, -0.05) is 0 Å². The number of benzene rings is 1. The van der Waals surface area contributed by atoms with E-state index < -0.39 is 0 Å². The second kappa shape index (κ2) is 8.17. The lowest BCUT2D eigenvalue weighted by Crippen LogP contribution is -2.40. The van der Waals surface area contributed by atoms with Crippen LogP contribution in [0.2, 0.25) is 0 Å². The number of carbonyl (C=O) groups excluding carboxylic acids is 2. The minimum absolute atomic E-state index is 0.0759. The Labute approximate surface area is 160 Å². The van der Waals surface area contributed by atoms with Crippen molar-refractivity contribution in [2.45, 2.75) is 25.3 Å². The summed E-state index contributed by atoms with van der Waals surface area (Å²) in [5.41, 5.74) is 6.05. The van der Waals surface area contributed by atoms with Crippen LogP contribution >= 0.6 is 0 Å². The summed E-state index contributed by atoms with van der Waals surface area (Å²) in [4.78, 5) is 28.7. The first-order valence-corrected chi connectivity index (χ1v) is 9.46. The van der Waals surface area contributed by atoms with Gasteiger partial charge in [-0.15, -0.1) is 0 Å². The van der Waals surface area contributed by atoms with Gasteiger partial charge in [0.25, 0.3) is 5.91 Å². The van der Waals surface area contributed by atoms with Crippen molar-refractivity contribution in [3.05, 3.63) is 23.8 Å². The smallest absolute Gasteiger partial charge is 0.257 e. The summed E-state index contributed by atoms with van der Waals surface area (Å²) in [6, 6.07) is 5.36. The molecule has 3 atom stereocenters. The molecule has 2 aliphatic rings. The van der Waals surface area contributed by atoms with Gasteiger partial charge in [-0.25, -0.2) is 0 Å². The van der Waals surface area contributed by atoms with Crippen LogP contribution in [0.5, 0.6) is 11.5 Å². The topological polar surface area (TPSA) is 85.1 Å². The van der Waals surface area contributed by atoms with Crippen LogP contribution in [-0.4, -0.2) is 68.6 Å². The molecule has 7 heteroatoms. The number of ether oxygens (including phenoxy) is 2. The highest BCUT2D eigenvalue weighted by Crippen LogP contribution is 2.40. The van der Waals surface area contributed by atoms with E-state index >= 15 is 0 Å². The number of likely N-dealkylation sites (tertiary alicyclic amines) is 1. The van der Waals surface area contributed by atoms with Crippen LogP contribution in [0, 0.1) is 11.8 Å². The summed E-state index contributed by atoms with van der Waals surface area (Å²) < 4.78 is 10.9. The number of hydrogen-bond donors (Lipinski definition) is 1. The molecule has 0 unspecified atom stereocenters. The predicted molar refractivity (Wildman–Crippen MR) is 102 cm³/mol. The summed E-state index contributed by atoms with van der Waals surface area (Å²) in [5.74, 6) is 2.10. The van der Waals surface area contributed by atoms with Crippen LogP contribution in [0.25, 0.3) is 0 Å². The third kappa shape index (κ3) is 4.03. The Hall–Kier alpha value is -2.28. The van der Waals surface area contributed by atoms with Gasteiger partial charge >= 0.3 is 0 Å². The van der Waals surface area contributed by atoms with Crippen LogP contribution in [0.3, 0.4) is 0 Å². The molecule has 7 nitrogen and oxygen atoms in total. The van der Waals surface area contributed by atoms with E-state index in [2.05, 4.69) is 0 Å². The highest BCUT2D eigenvalue weighted by Gasteiger charge is 2.42. The van der Waals surface area contributed by atoms with Crippen molar-refractivity contribution < 1.29 is 19.1 Å². The van der Waals surface area contributed by atoms with Gasteiger partial charge in [-0.3, -0.25) is 9.59 Å². The van der Waals surface area contributed by atoms with E-state index in [-0.39, 0.29) is 17.9 Å². The fourth-order valence-corrected chi connectivity index (χ4v) is 4.25. The van der Waals surface area contributed by atoms with Crippen molar-refractivity contribution in [1.29, 1.82) is 0 Å². The Kier molecular flexibility index (Phi) is 5.89. The Morgan fingerprint density at radius 3 is 2.78 bits per heavy atom. The van der Waals surface area contributed by atoms with Crippen molar-refractivity contribution in [2.75, 3.05) is 40.9 Å². The molecule has 0 spiro atoms. The number of fused-ring (bicyclic) bond motifs is 1. The second-order valence-corrected chi connectivity index (χ2v) is 7.54. The van der Waals surface area contributed by atoms with Gasteiger partial charge in [0.15, 0.2) is 0 Å². The van der Waals surface area contributed by atoms with Gasteiger partial charge < -0.3 is 25.0 Å². The largest absolute Gasteiger partial charge is 0.497 e. The molecule has 27 heavy (non-hydrogen) atoms. The molecule has 3 rings (SSSR count). The lowest BCUT2D eigenvalue weighted by atomic mass is 9.88. The first kappa shape index (κ1) is 19.5. The number of nitrogens with zero attached hydrogens (tertiary/aromatic N) is 2. The number of rotatable bonds is 6. The van der Waals surface area contributed by atoms with E-state index in [4.69, 9.17) is 15.2 Å². The molecule has 0 radical (unpaired) electrons. The maximum atomic E-state index is 13.1. The average molecular weight is 375 g/mol. The van der Waals surface area contributed by atoms with Gasteiger partial charge in [0.05, 0.1) is 12.7 Å². The van der Waals surface area contributed by atoms with E-state index in [9.17, 15) is 9.59 Å². The first-order valence-electron chi connectivity index (χ1n) is 9.46. The molecule has 0 bridgehead atoms. The SMILES string of the molecule is COc1ccc(C(=O)N(C)[C@H]2C[C@H]3CC(=O)N(C)C[C@H]3C2)c(OCCN)c1. The number of methoxy groups -OCH3 is 1. The number of carbonyl (C=O) groups is 2. The maximum absolute atomic E-state index is 13.1. The Morgan fingerprint density at radius 2 is 2.07 bits per heavy atom. The fraction of sp³-hybridized carbons (Fsp3) is 0.600. The number of nitrogens with two attached hydrogens (primary N) is 1. The van der Waals surface area contributed by atoms with Crippen molar-refractivity contribution in [3.63, 3.8) is 0 Å². The fourth-order valence-electron chi connectivity index (χ4n) is 4.25. The zero-order valence-corrected chi connectivity index (χ0v) is 16.3. The van der Waals surface area contributed by atoms with E-state index in [1.165, 1.54) is 0 Å². The highest BCUT2D eigenvalue weighted by atomic mass is 16.5. The van der Waals surface area contributed by atoms with Gasteiger partial charge in [0, 0.05) is 45.7 Å². The molecule has 0 aromatic heterocycles. The first-order chi connectivity index (χ1) is 12.9. The van der Waals surface area contributed by atoms with E-state index in [0.717, 1.165) is 19.4 Å². The van der Waals surface area contributed by atoms with Crippen molar-refractivity contribution >= 4 is 11.8 Å². The van der Waals surface area contributed by atoms with Gasteiger partial charge in [-0.05, 0) is 36.8 Å². The van der Waals surface area contributed by atoms with Crippen LogP contribution in [0.4, 0.5) is 0 Å².